The van der Waals surface area contributed by atoms with Gasteiger partial charge >= 0.3 is 0 Å². The van der Waals surface area contributed by atoms with Crippen LogP contribution in [0, 0.1) is 0 Å². The molecule has 0 radical (unpaired) electrons. The maximum Gasteiger partial charge on any atom is 0.220 e. The van der Waals surface area contributed by atoms with E-state index in [-0.39, 0.29) is 18.9 Å². The molecule has 3 heterocycles. The largest absolute Gasteiger partial charge is 0.394 e. The molecule has 3 saturated heterocycles. The van der Waals surface area contributed by atoms with Gasteiger partial charge in [0, 0.05) is 6.42 Å². The van der Waals surface area contributed by atoms with Gasteiger partial charge < -0.3 is 89.9 Å². The molecule has 17 atom stereocenters. The number of nitrogens with one attached hydrogen (secondary N) is 1. The zero-order chi connectivity index (χ0) is 74.6. The van der Waals surface area contributed by atoms with Crippen LogP contribution in [0.25, 0.3) is 0 Å². The van der Waals surface area contributed by atoms with Gasteiger partial charge in [-0.2, -0.15) is 0 Å². The molecule has 19 nitrogen and oxygen atoms in total. The second kappa shape index (κ2) is 64.8. The highest BCUT2D eigenvalue weighted by atomic mass is 16.8. The van der Waals surface area contributed by atoms with Crippen molar-refractivity contribution < 1.29 is 89.4 Å². The number of hydrogen-bond donors (Lipinski definition) is 12. The zero-order valence-corrected chi connectivity index (χ0v) is 65.1. The zero-order valence-electron chi connectivity index (χ0n) is 65.1. The molecular weight excluding hydrogens is 1310 g/mol. The number of carbonyl (C=O) groups is 1. The van der Waals surface area contributed by atoms with Crippen LogP contribution in [-0.2, 0) is 33.2 Å². The van der Waals surface area contributed by atoms with E-state index in [2.05, 4.69) is 43.5 Å². The normalized spacial score (nSPS) is 26.2. The monoisotopic (exact) mass is 1470 g/mol. The van der Waals surface area contributed by atoms with Crippen molar-refractivity contribution in [2.24, 2.45) is 0 Å². The number of amides is 1. The molecule has 19 heteroatoms. The van der Waals surface area contributed by atoms with Gasteiger partial charge in [-0.05, 0) is 44.9 Å². The summed E-state index contributed by atoms with van der Waals surface area (Å²) in [6, 6.07) is -0.996. The third-order valence-electron chi connectivity index (χ3n) is 21.4. The highest BCUT2D eigenvalue weighted by molar-refractivity contribution is 5.76. The van der Waals surface area contributed by atoms with Gasteiger partial charge in [-0.1, -0.05) is 346 Å². The van der Waals surface area contributed by atoms with Gasteiger partial charge in [-0.25, -0.2) is 0 Å². The van der Waals surface area contributed by atoms with Gasteiger partial charge in [0.1, 0.15) is 73.2 Å². The van der Waals surface area contributed by atoms with Crippen LogP contribution >= 0.6 is 0 Å². The minimum atomic E-state index is -1.98. The molecule has 0 spiro atoms. The summed E-state index contributed by atoms with van der Waals surface area (Å²) in [6.07, 6.45) is 54.4. The average Bonchev–Trinajstić information content (AvgIpc) is 0.781. The van der Waals surface area contributed by atoms with Crippen molar-refractivity contribution in [3.05, 3.63) is 36.5 Å². The minimum Gasteiger partial charge on any atom is -0.394 e. The summed E-state index contributed by atoms with van der Waals surface area (Å²) in [5, 5.41) is 121. The number of carbonyl (C=O) groups excluding carboxylic acids is 1. The van der Waals surface area contributed by atoms with Crippen molar-refractivity contribution in [3.63, 3.8) is 0 Å². The van der Waals surface area contributed by atoms with Crippen LogP contribution in [0.1, 0.15) is 361 Å². The number of allylic oxidation sites excluding steroid dienone is 5. The van der Waals surface area contributed by atoms with E-state index in [0.29, 0.717) is 12.8 Å². The van der Waals surface area contributed by atoms with Crippen molar-refractivity contribution in [2.45, 2.75) is 465 Å². The first kappa shape index (κ1) is 95.2. The van der Waals surface area contributed by atoms with Crippen LogP contribution in [0.4, 0.5) is 0 Å². The number of aliphatic hydroxyl groups excluding tert-OH is 11. The summed E-state index contributed by atoms with van der Waals surface area (Å²) < 4.78 is 34.5. The summed E-state index contributed by atoms with van der Waals surface area (Å²) >= 11 is 0. The lowest BCUT2D eigenvalue weighted by molar-refractivity contribution is -0.379. The molecule has 17 unspecified atom stereocenters. The predicted octanol–water partition coefficient (Wildman–Crippen LogP) is 15.1. The van der Waals surface area contributed by atoms with Gasteiger partial charge in [0.2, 0.25) is 5.91 Å². The Balaban J connectivity index is 1.37. The Morgan fingerprint density at radius 1 is 0.340 bits per heavy atom. The summed E-state index contributed by atoms with van der Waals surface area (Å²) in [7, 11) is 0. The molecule has 3 aliphatic rings. The fourth-order valence-electron chi connectivity index (χ4n) is 14.6. The summed E-state index contributed by atoms with van der Waals surface area (Å²) in [5.74, 6) is -0.282. The van der Waals surface area contributed by atoms with Gasteiger partial charge in [-0.15, -0.1) is 0 Å². The van der Waals surface area contributed by atoms with E-state index < -0.39 is 124 Å². The number of hydrogen-bond acceptors (Lipinski definition) is 18. The molecule has 0 aliphatic carbocycles. The maximum atomic E-state index is 13.5. The highest BCUT2D eigenvalue weighted by Crippen LogP contribution is 2.33. The summed E-state index contributed by atoms with van der Waals surface area (Å²) in [6.45, 7) is 1.78. The van der Waals surface area contributed by atoms with E-state index in [1.807, 2.05) is 6.08 Å². The summed E-state index contributed by atoms with van der Waals surface area (Å²) in [5.41, 5.74) is 0. The molecule has 0 aromatic carbocycles. The molecule has 606 valence electrons. The van der Waals surface area contributed by atoms with E-state index in [9.17, 15) is 61.0 Å². The molecule has 0 aromatic heterocycles. The SMILES string of the molecule is CCCCCCCCCCCCCCCCCCCCCCC/C=C/CC/C=C/CC/C=C/C(O)C(COC1OC(CO)C(OC2OC(CO)C(OC3OC(CO)C(O)C(O)C3O)C(O)C2O)C(O)C1O)NC(=O)CCCCCCCCCCCCCCCCCCCCCCCCCCCCC. The van der Waals surface area contributed by atoms with E-state index in [4.69, 9.17) is 28.4 Å². The molecule has 0 saturated carbocycles. The quantitative estimate of drug-likeness (QED) is 0.0199. The molecule has 3 rings (SSSR count). The van der Waals surface area contributed by atoms with Gasteiger partial charge in [0.25, 0.3) is 0 Å². The topological polar surface area (TPSA) is 307 Å². The first-order valence-electron chi connectivity index (χ1n) is 42.7. The Labute approximate surface area is 625 Å². The fourth-order valence-corrected chi connectivity index (χ4v) is 14.6. The third kappa shape index (κ3) is 44.5. The maximum absolute atomic E-state index is 13.5. The molecular formula is C84H157NO18. The standard InChI is InChI=1S/C84H157NO18/c1-3-5-7-9-11-13-15-17-19-21-23-25-27-29-31-32-33-34-36-37-39-41-43-45-47-49-51-53-55-57-59-61-68(89)67(85-72(90)62-60-58-56-54-52-50-48-46-44-42-40-38-35-30-28-26-24-22-20-18-16-14-12-10-8-6-4-2)66-98-82-78(96)75(93)80(70(64-87)100-82)103-84-79(97)76(94)81(71(65-88)101-84)102-83-77(95)74(92)73(91)69(63-86)99-83/h43,45,51,53,59,61,67-71,73-84,86-89,91-97H,3-42,44,46-50,52,54-58,60,62-66H2,1-2H3,(H,85,90)/b45-43+,53-51+,61-59+. The molecule has 3 fully saturated rings. The van der Waals surface area contributed by atoms with Crippen molar-refractivity contribution in [2.75, 3.05) is 26.4 Å². The van der Waals surface area contributed by atoms with Crippen LogP contribution in [0.5, 0.6) is 0 Å². The van der Waals surface area contributed by atoms with Crippen LogP contribution in [0.2, 0.25) is 0 Å². The molecule has 103 heavy (non-hydrogen) atoms. The third-order valence-corrected chi connectivity index (χ3v) is 21.4. The van der Waals surface area contributed by atoms with Crippen molar-refractivity contribution >= 4 is 5.91 Å². The predicted molar refractivity (Wildman–Crippen MR) is 411 cm³/mol. The Hall–Kier alpha value is -1.99. The first-order valence-corrected chi connectivity index (χ1v) is 42.7. The number of rotatable bonds is 69. The first-order chi connectivity index (χ1) is 50.3. The number of ether oxygens (including phenoxy) is 6. The van der Waals surface area contributed by atoms with Crippen LogP contribution in [0.3, 0.4) is 0 Å². The van der Waals surface area contributed by atoms with E-state index in [1.165, 1.54) is 283 Å². The van der Waals surface area contributed by atoms with Crippen molar-refractivity contribution in [1.82, 2.24) is 5.32 Å². The van der Waals surface area contributed by atoms with Crippen molar-refractivity contribution in [1.29, 1.82) is 0 Å². The van der Waals surface area contributed by atoms with Gasteiger partial charge in [-0.3, -0.25) is 4.79 Å². The molecule has 0 bridgehead atoms. The smallest absolute Gasteiger partial charge is 0.220 e. The second-order valence-corrected chi connectivity index (χ2v) is 30.6. The highest BCUT2D eigenvalue weighted by Gasteiger charge is 2.54. The lowest BCUT2D eigenvalue weighted by Crippen LogP contribution is -2.66. The Morgan fingerprint density at radius 3 is 0.971 bits per heavy atom. The van der Waals surface area contributed by atoms with Crippen LogP contribution in [0.15, 0.2) is 36.5 Å². The average molecular weight is 1470 g/mol. The Morgan fingerprint density at radius 2 is 0.621 bits per heavy atom. The fraction of sp³-hybridized carbons (Fsp3) is 0.917. The molecule has 12 N–H and O–H groups in total. The number of unbranched alkanes of at least 4 members (excludes halogenated alkanes) is 49. The van der Waals surface area contributed by atoms with Gasteiger partial charge in [0.15, 0.2) is 18.9 Å². The number of aliphatic hydroxyl groups is 11. The Kier molecular flexibility index (Phi) is 59.9. The minimum absolute atomic E-state index is 0.236. The Bertz CT molecular complexity index is 2000. The van der Waals surface area contributed by atoms with E-state index >= 15 is 0 Å². The molecule has 0 aromatic rings. The summed E-state index contributed by atoms with van der Waals surface area (Å²) in [4.78, 5) is 13.5. The lowest BCUT2D eigenvalue weighted by atomic mass is 9.96. The second-order valence-electron chi connectivity index (χ2n) is 30.6. The van der Waals surface area contributed by atoms with Crippen molar-refractivity contribution in [3.8, 4) is 0 Å². The molecule has 3 aliphatic heterocycles. The van der Waals surface area contributed by atoms with E-state index in [0.717, 1.165) is 44.9 Å². The molecule has 1 amide bonds. The van der Waals surface area contributed by atoms with Crippen LogP contribution in [-0.4, -0.2) is 193 Å². The van der Waals surface area contributed by atoms with Crippen LogP contribution < -0.4 is 5.32 Å². The lowest BCUT2D eigenvalue weighted by Gasteiger charge is -2.48. The van der Waals surface area contributed by atoms with E-state index in [1.54, 1.807) is 6.08 Å². The van der Waals surface area contributed by atoms with Gasteiger partial charge in [0.05, 0.1) is 38.6 Å².